The molecule has 1 saturated heterocycles. The Kier molecular flexibility index (Phi) is 5.30. The molecular weight excluding hydrogens is 296 g/mol. The summed E-state index contributed by atoms with van der Waals surface area (Å²) in [4.78, 5) is 16.3. The predicted molar refractivity (Wildman–Crippen MR) is 84.6 cm³/mol. The maximum absolute atomic E-state index is 12.0. The standard InChI is InChI=1S/C16H26N4O3/c1-20-7-6-17-14(20)9-18-12-10-23-13(15(12)21)8-19-16(22)11-4-2-3-5-11/h6-7,11-13,15,18,21H,2-5,8-10H2,1H3,(H,19,22). The number of aliphatic hydroxyl groups excluding tert-OH is 1. The van der Waals surface area contributed by atoms with Crippen LogP contribution in [0.2, 0.25) is 0 Å². The van der Waals surface area contributed by atoms with E-state index in [9.17, 15) is 9.90 Å². The van der Waals surface area contributed by atoms with Crippen molar-refractivity contribution in [2.75, 3.05) is 13.2 Å². The molecular formula is C16H26N4O3. The van der Waals surface area contributed by atoms with Crippen molar-refractivity contribution >= 4 is 5.91 Å². The van der Waals surface area contributed by atoms with Crippen molar-refractivity contribution in [3.63, 3.8) is 0 Å². The van der Waals surface area contributed by atoms with Crippen molar-refractivity contribution in [1.82, 2.24) is 20.2 Å². The first-order valence-corrected chi connectivity index (χ1v) is 8.42. The van der Waals surface area contributed by atoms with Gasteiger partial charge in [-0.25, -0.2) is 4.98 Å². The lowest BCUT2D eigenvalue weighted by Crippen LogP contribution is -2.45. The van der Waals surface area contributed by atoms with Gasteiger partial charge in [-0.05, 0) is 12.8 Å². The van der Waals surface area contributed by atoms with Crippen molar-refractivity contribution in [1.29, 1.82) is 0 Å². The van der Waals surface area contributed by atoms with Crippen molar-refractivity contribution in [3.8, 4) is 0 Å². The molecule has 3 atom stereocenters. The zero-order valence-electron chi connectivity index (χ0n) is 13.6. The zero-order chi connectivity index (χ0) is 16.2. The topological polar surface area (TPSA) is 88.4 Å². The number of amides is 1. The van der Waals surface area contributed by atoms with Crippen molar-refractivity contribution in [3.05, 3.63) is 18.2 Å². The molecule has 1 aliphatic heterocycles. The number of hydrogen-bond donors (Lipinski definition) is 3. The number of carbonyl (C=O) groups excluding carboxylic acids is 1. The summed E-state index contributed by atoms with van der Waals surface area (Å²) in [6, 6.07) is -0.139. The predicted octanol–water partition coefficient (Wildman–Crippen LogP) is -0.0556. The van der Waals surface area contributed by atoms with E-state index in [1.165, 1.54) is 0 Å². The molecule has 0 bridgehead atoms. The molecule has 2 heterocycles. The fourth-order valence-corrected chi connectivity index (χ4v) is 3.37. The number of aliphatic hydroxyl groups is 1. The van der Waals surface area contributed by atoms with E-state index in [0.717, 1.165) is 31.5 Å². The fourth-order valence-electron chi connectivity index (χ4n) is 3.37. The van der Waals surface area contributed by atoms with E-state index in [4.69, 9.17) is 4.74 Å². The van der Waals surface area contributed by atoms with Crippen molar-refractivity contribution < 1.29 is 14.6 Å². The van der Waals surface area contributed by atoms with Gasteiger partial charge < -0.3 is 25.0 Å². The summed E-state index contributed by atoms with van der Waals surface area (Å²) in [5.74, 6) is 1.16. The number of carbonyl (C=O) groups is 1. The SMILES string of the molecule is Cn1ccnc1CNC1COC(CNC(=O)C2CCCC2)C1O. The highest BCUT2D eigenvalue weighted by Gasteiger charge is 2.36. The molecule has 1 saturated carbocycles. The minimum atomic E-state index is -0.626. The van der Waals surface area contributed by atoms with E-state index >= 15 is 0 Å². The Morgan fingerprint density at radius 1 is 1.48 bits per heavy atom. The molecule has 1 aliphatic carbocycles. The van der Waals surface area contributed by atoms with E-state index in [0.29, 0.717) is 19.7 Å². The van der Waals surface area contributed by atoms with Crippen LogP contribution in [0.3, 0.4) is 0 Å². The molecule has 0 radical (unpaired) electrons. The molecule has 3 N–H and O–H groups in total. The van der Waals surface area contributed by atoms with Crippen LogP contribution in [0.15, 0.2) is 12.4 Å². The van der Waals surface area contributed by atoms with Gasteiger partial charge in [0.15, 0.2) is 0 Å². The summed E-state index contributed by atoms with van der Waals surface area (Å²) >= 11 is 0. The molecule has 3 rings (SSSR count). The first-order chi connectivity index (χ1) is 11.1. The minimum absolute atomic E-state index is 0.0997. The summed E-state index contributed by atoms with van der Waals surface area (Å²) in [6.45, 7) is 1.39. The Balaban J connectivity index is 1.42. The molecule has 7 nitrogen and oxygen atoms in total. The quantitative estimate of drug-likeness (QED) is 0.683. The van der Waals surface area contributed by atoms with Crippen LogP contribution in [0.1, 0.15) is 31.5 Å². The molecule has 0 spiro atoms. The largest absolute Gasteiger partial charge is 0.389 e. The highest BCUT2D eigenvalue weighted by atomic mass is 16.5. The Bertz CT molecular complexity index is 527. The number of ether oxygens (including phenoxy) is 1. The maximum atomic E-state index is 12.0. The van der Waals surface area contributed by atoms with Gasteiger partial charge in [0.1, 0.15) is 11.9 Å². The number of hydrogen-bond acceptors (Lipinski definition) is 5. The number of nitrogens with one attached hydrogen (secondary N) is 2. The Morgan fingerprint density at radius 3 is 2.96 bits per heavy atom. The maximum Gasteiger partial charge on any atom is 0.223 e. The smallest absolute Gasteiger partial charge is 0.223 e. The number of imidazole rings is 1. The zero-order valence-corrected chi connectivity index (χ0v) is 13.6. The first-order valence-electron chi connectivity index (χ1n) is 8.42. The Morgan fingerprint density at radius 2 is 2.26 bits per heavy atom. The number of nitrogens with zero attached hydrogens (tertiary/aromatic N) is 2. The Hall–Kier alpha value is -1.44. The highest BCUT2D eigenvalue weighted by molar-refractivity contribution is 5.78. The van der Waals surface area contributed by atoms with Crippen molar-refractivity contribution in [2.45, 2.75) is 50.5 Å². The lowest BCUT2D eigenvalue weighted by Gasteiger charge is -2.19. The molecule has 1 aromatic heterocycles. The summed E-state index contributed by atoms with van der Waals surface area (Å²) in [5, 5.41) is 16.6. The lowest BCUT2D eigenvalue weighted by atomic mass is 10.1. The third-order valence-corrected chi connectivity index (χ3v) is 4.93. The molecule has 7 heteroatoms. The summed E-state index contributed by atoms with van der Waals surface area (Å²) in [6.07, 6.45) is 6.90. The molecule has 1 amide bonds. The van der Waals surface area contributed by atoms with Gasteiger partial charge in [0.2, 0.25) is 5.91 Å². The van der Waals surface area contributed by atoms with Crippen LogP contribution >= 0.6 is 0 Å². The minimum Gasteiger partial charge on any atom is -0.389 e. The first kappa shape index (κ1) is 16.4. The summed E-state index contributed by atoms with van der Waals surface area (Å²) in [7, 11) is 1.94. The van der Waals surface area contributed by atoms with Gasteiger partial charge in [0.25, 0.3) is 0 Å². The van der Waals surface area contributed by atoms with Crippen LogP contribution < -0.4 is 10.6 Å². The second-order valence-electron chi connectivity index (χ2n) is 6.53. The van der Waals surface area contributed by atoms with Gasteiger partial charge >= 0.3 is 0 Å². The molecule has 1 aromatic rings. The molecule has 0 aromatic carbocycles. The second-order valence-corrected chi connectivity index (χ2v) is 6.53. The lowest BCUT2D eigenvalue weighted by molar-refractivity contribution is -0.125. The van der Waals surface area contributed by atoms with Crippen LogP contribution in [0.5, 0.6) is 0 Å². The molecule has 23 heavy (non-hydrogen) atoms. The Labute approximate surface area is 136 Å². The van der Waals surface area contributed by atoms with Crippen molar-refractivity contribution in [2.24, 2.45) is 13.0 Å². The van der Waals surface area contributed by atoms with Crippen LogP contribution in [0.25, 0.3) is 0 Å². The van der Waals surface area contributed by atoms with Gasteiger partial charge in [-0.2, -0.15) is 0 Å². The van der Waals surface area contributed by atoms with Crippen LogP contribution in [0.4, 0.5) is 0 Å². The third-order valence-electron chi connectivity index (χ3n) is 4.93. The number of rotatable bonds is 6. The van der Waals surface area contributed by atoms with E-state index in [1.807, 2.05) is 17.8 Å². The average molecular weight is 322 g/mol. The highest BCUT2D eigenvalue weighted by Crippen LogP contribution is 2.24. The number of aromatic nitrogens is 2. The van der Waals surface area contributed by atoms with E-state index in [1.54, 1.807) is 6.20 Å². The van der Waals surface area contributed by atoms with Crippen LogP contribution in [-0.2, 0) is 23.1 Å². The second kappa shape index (κ2) is 7.42. The molecule has 3 unspecified atom stereocenters. The van der Waals surface area contributed by atoms with Gasteiger partial charge in [0.05, 0.1) is 25.3 Å². The summed E-state index contributed by atoms with van der Waals surface area (Å²) < 4.78 is 7.58. The van der Waals surface area contributed by atoms with Gasteiger partial charge in [-0.3, -0.25) is 4.79 Å². The monoisotopic (exact) mass is 322 g/mol. The molecule has 2 aliphatic rings. The van der Waals surface area contributed by atoms with Gasteiger partial charge in [-0.1, -0.05) is 12.8 Å². The van der Waals surface area contributed by atoms with Gasteiger partial charge in [-0.15, -0.1) is 0 Å². The van der Waals surface area contributed by atoms with E-state index in [-0.39, 0.29) is 24.0 Å². The fraction of sp³-hybridized carbons (Fsp3) is 0.750. The van der Waals surface area contributed by atoms with E-state index in [2.05, 4.69) is 15.6 Å². The van der Waals surface area contributed by atoms with Crippen LogP contribution in [0, 0.1) is 5.92 Å². The summed E-state index contributed by atoms with van der Waals surface area (Å²) in [5.41, 5.74) is 0. The average Bonchev–Trinajstić information content (AvgIpc) is 3.26. The molecule has 128 valence electrons. The van der Waals surface area contributed by atoms with E-state index < -0.39 is 6.10 Å². The number of aryl methyl sites for hydroxylation is 1. The third kappa shape index (κ3) is 3.91. The molecule has 2 fully saturated rings. The van der Waals surface area contributed by atoms with Crippen LogP contribution in [-0.4, -0.2) is 52.0 Å². The van der Waals surface area contributed by atoms with Gasteiger partial charge in [0, 0.05) is 31.9 Å². The normalized spacial score (nSPS) is 28.3.